The molecule has 0 fully saturated rings. The Bertz CT molecular complexity index is 850. The van der Waals surface area contributed by atoms with Gasteiger partial charge >= 0.3 is 5.69 Å². The van der Waals surface area contributed by atoms with Crippen molar-refractivity contribution in [2.75, 3.05) is 18.9 Å². The van der Waals surface area contributed by atoms with Crippen molar-refractivity contribution in [2.45, 2.75) is 13.8 Å². The van der Waals surface area contributed by atoms with Crippen LogP contribution in [0.5, 0.6) is 11.5 Å². The summed E-state index contributed by atoms with van der Waals surface area (Å²) in [4.78, 5) is 22.8. The van der Waals surface area contributed by atoms with E-state index in [1.54, 1.807) is 44.2 Å². The number of anilines is 1. The molecule has 2 aromatic carbocycles. The van der Waals surface area contributed by atoms with Gasteiger partial charge in [-0.05, 0) is 44.2 Å². The van der Waals surface area contributed by atoms with E-state index in [0.29, 0.717) is 23.4 Å². The Labute approximate surface area is 155 Å². The molecule has 0 radical (unpaired) electrons. The Morgan fingerprint density at radius 1 is 1.22 bits per heavy atom. The summed E-state index contributed by atoms with van der Waals surface area (Å²) in [6.45, 7) is 4.05. The Morgan fingerprint density at radius 3 is 2.48 bits per heavy atom. The van der Waals surface area contributed by atoms with Crippen LogP contribution in [0.15, 0.2) is 41.5 Å². The predicted octanol–water partition coefficient (Wildman–Crippen LogP) is 2.74. The minimum atomic E-state index is -0.558. The zero-order chi connectivity index (χ0) is 19.8. The van der Waals surface area contributed by atoms with E-state index in [4.69, 9.17) is 15.2 Å². The number of ether oxygens (including phenoxy) is 2. The number of rotatable bonds is 8. The number of carbonyl (C=O) groups excluding carboxylic acids is 1. The van der Waals surface area contributed by atoms with Gasteiger partial charge in [-0.2, -0.15) is 5.10 Å². The highest BCUT2D eigenvalue weighted by Crippen LogP contribution is 2.38. The molecule has 9 nitrogen and oxygen atoms in total. The van der Waals surface area contributed by atoms with Crippen LogP contribution in [-0.4, -0.2) is 30.3 Å². The molecule has 0 aliphatic carbocycles. The molecule has 9 heteroatoms. The number of benzene rings is 2. The number of hydrogen-bond acceptors (Lipinski definition) is 7. The molecule has 0 bridgehead atoms. The number of nitrogen functional groups attached to an aromatic ring is 1. The monoisotopic (exact) mass is 372 g/mol. The van der Waals surface area contributed by atoms with Crippen molar-refractivity contribution >= 4 is 23.5 Å². The van der Waals surface area contributed by atoms with Gasteiger partial charge in [-0.25, -0.2) is 5.43 Å². The maximum atomic E-state index is 12.0. The summed E-state index contributed by atoms with van der Waals surface area (Å²) in [5.41, 5.74) is 8.99. The number of hydrazone groups is 1. The van der Waals surface area contributed by atoms with E-state index >= 15 is 0 Å². The second-order valence-electron chi connectivity index (χ2n) is 5.31. The van der Waals surface area contributed by atoms with Gasteiger partial charge in [-0.1, -0.05) is 0 Å². The largest absolute Gasteiger partial charge is 0.490 e. The number of nitro groups is 1. The van der Waals surface area contributed by atoms with E-state index in [2.05, 4.69) is 10.5 Å². The number of carbonyl (C=O) groups is 1. The van der Waals surface area contributed by atoms with E-state index in [1.807, 2.05) is 0 Å². The second kappa shape index (κ2) is 9.18. The molecule has 0 aliphatic rings. The highest BCUT2D eigenvalue weighted by molar-refractivity contribution is 5.95. The maximum absolute atomic E-state index is 12.0. The van der Waals surface area contributed by atoms with Gasteiger partial charge in [0.05, 0.1) is 24.4 Å². The van der Waals surface area contributed by atoms with Crippen LogP contribution in [0, 0.1) is 10.1 Å². The molecule has 0 spiro atoms. The third kappa shape index (κ3) is 5.18. The molecule has 2 rings (SSSR count). The van der Waals surface area contributed by atoms with Crippen molar-refractivity contribution in [2.24, 2.45) is 5.10 Å². The van der Waals surface area contributed by atoms with Gasteiger partial charge in [0.2, 0.25) is 5.75 Å². The number of nitrogens with two attached hydrogens (primary N) is 1. The van der Waals surface area contributed by atoms with Gasteiger partial charge in [-0.15, -0.1) is 0 Å². The number of nitrogens with one attached hydrogen (secondary N) is 1. The van der Waals surface area contributed by atoms with Gasteiger partial charge in [0.1, 0.15) is 0 Å². The second-order valence-corrected chi connectivity index (χ2v) is 5.31. The first kappa shape index (κ1) is 19.7. The average Bonchev–Trinajstić information content (AvgIpc) is 2.64. The number of nitrogens with zero attached hydrogens (tertiary/aromatic N) is 2. The van der Waals surface area contributed by atoms with E-state index in [0.717, 1.165) is 0 Å². The van der Waals surface area contributed by atoms with Crippen LogP contribution in [0.25, 0.3) is 0 Å². The Balaban J connectivity index is 2.24. The van der Waals surface area contributed by atoms with Crippen LogP contribution in [-0.2, 0) is 0 Å². The highest BCUT2D eigenvalue weighted by Gasteiger charge is 2.22. The highest BCUT2D eigenvalue weighted by atomic mass is 16.6. The molecule has 0 unspecified atom stereocenters. The Kier molecular flexibility index (Phi) is 6.70. The molecule has 0 heterocycles. The van der Waals surface area contributed by atoms with Crippen molar-refractivity contribution in [1.29, 1.82) is 0 Å². The van der Waals surface area contributed by atoms with Crippen molar-refractivity contribution < 1.29 is 19.2 Å². The van der Waals surface area contributed by atoms with Crippen LogP contribution in [0.4, 0.5) is 11.4 Å². The molecule has 0 aliphatic heterocycles. The normalized spacial score (nSPS) is 10.6. The van der Waals surface area contributed by atoms with E-state index < -0.39 is 10.8 Å². The first-order valence-corrected chi connectivity index (χ1v) is 8.23. The lowest BCUT2D eigenvalue weighted by molar-refractivity contribution is -0.385. The topological polar surface area (TPSA) is 129 Å². The number of nitro benzene ring substituents is 1. The lowest BCUT2D eigenvalue weighted by Crippen LogP contribution is -2.17. The molecule has 2 aromatic rings. The SMILES string of the molecule is CCOc1cc(/C=N\NC(=O)c2ccc(N)cc2)cc([N+](=O)[O-])c1OCC. The molecular weight excluding hydrogens is 352 g/mol. The predicted molar refractivity (Wildman–Crippen MR) is 101 cm³/mol. The summed E-state index contributed by atoms with van der Waals surface area (Å²) in [5.74, 6) is -0.135. The van der Waals surface area contributed by atoms with Gasteiger partial charge in [-0.3, -0.25) is 14.9 Å². The first-order valence-electron chi connectivity index (χ1n) is 8.23. The summed E-state index contributed by atoms with van der Waals surface area (Å²) in [7, 11) is 0. The van der Waals surface area contributed by atoms with Crippen molar-refractivity contribution in [3.63, 3.8) is 0 Å². The third-order valence-corrected chi connectivity index (χ3v) is 3.40. The van der Waals surface area contributed by atoms with Crippen molar-refractivity contribution in [3.8, 4) is 11.5 Å². The molecule has 0 atom stereocenters. The zero-order valence-corrected chi connectivity index (χ0v) is 15.0. The maximum Gasteiger partial charge on any atom is 0.315 e. The fourth-order valence-electron chi connectivity index (χ4n) is 2.23. The molecule has 0 saturated carbocycles. The van der Waals surface area contributed by atoms with Crippen LogP contribution in [0.1, 0.15) is 29.8 Å². The molecule has 1 amide bonds. The fraction of sp³-hybridized carbons (Fsp3) is 0.222. The summed E-state index contributed by atoms with van der Waals surface area (Å²) in [6, 6.07) is 9.18. The van der Waals surface area contributed by atoms with Gasteiger partial charge in [0.25, 0.3) is 5.91 Å². The van der Waals surface area contributed by atoms with Crippen LogP contribution in [0.2, 0.25) is 0 Å². The summed E-state index contributed by atoms with van der Waals surface area (Å²) < 4.78 is 10.8. The molecule has 0 aromatic heterocycles. The summed E-state index contributed by atoms with van der Waals surface area (Å²) >= 11 is 0. The molecule has 142 valence electrons. The van der Waals surface area contributed by atoms with Crippen LogP contribution >= 0.6 is 0 Å². The van der Waals surface area contributed by atoms with Crippen LogP contribution < -0.4 is 20.6 Å². The molecule has 27 heavy (non-hydrogen) atoms. The van der Waals surface area contributed by atoms with Crippen molar-refractivity contribution in [1.82, 2.24) is 5.43 Å². The fourth-order valence-corrected chi connectivity index (χ4v) is 2.23. The van der Waals surface area contributed by atoms with Gasteiger partial charge < -0.3 is 15.2 Å². The average molecular weight is 372 g/mol. The minimum Gasteiger partial charge on any atom is -0.490 e. The smallest absolute Gasteiger partial charge is 0.315 e. The summed E-state index contributed by atoms with van der Waals surface area (Å²) in [6.07, 6.45) is 1.29. The van der Waals surface area contributed by atoms with Crippen molar-refractivity contribution in [3.05, 3.63) is 57.6 Å². The van der Waals surface area contributed by atoms with Gasteiger partial charge in [0, 0.05) is 22.9 Å². The van der Waals surface area contributed by atoms with Gasteiger partial charge in [0.15, 0.2) is 5.75 Å². The number of amides is 1. The zero-order valence-electron chi connectivity index (χ0n) is 15.0. The molecular formula is C18H20N4O5. The lowest BCUT2D eigenvalue weighted by Gasteiger charge is -2.11. The summed E-state index contributed by atoms with van der Waals surface area (Å²) in [5, 5.41) is 15.2. The van der Waals surface area contributed by atoms with E-state index in [9.17, 15) is 14.9 Å². The Hall–Kier alpha value is -3.62. The molecule has 0 saturated heterocycles. The third-order valence-electron chi connectivity index (χ3n) is 3.40. The standard InChI is InChI=1S/C18H20N4O5/c1-3-26-16-10-12(9-15(22(24)25)17(16)27-4-2)11-20-21-18(23)13-5-7-14(19)8-6-13/h5-11H,3-4,19H2,1-2H3,(H,21,23)/b20-11-. The van der Waals surface area contributed by atoms with Crippen LogP contribution in [0.3, 0.4) is 0 Å². The molecule has 3 N–H and O–H groups in total. The quantitative estimate of drug-likeness (QED) is 0.317. The Morgan fingerprint density at radius 2 is 1.89 bits per heavy atom. The number of hydrogen-bond donors (Lipinski definition) is 2. The first-order chi connectivity index (χ1) is 13.0. The van der Waals surface area contributed by atoms with E-state index in [-0.39, 0.29) is 23.8 Å². The minimum absolute atomic E-state index is 0.0624. The van der Waals surface area contributed by atoms with E-state index in [1.165, 1.54) is 12.3 Å². The lowest BCUT2D eigenvalue weighted by atomic mass is 10.2.